The first kappa shape index (κ1) is 12.8. The zero-order valence-electron chi connectivity index (χ0n) is 10.8. The van der Waals surface area contributed by atoms with Crippen LogP contribution in [0.5, 0.6) is 5.75 Å². The lowest BCUT2D eigenvalue weighted by molar-refractivity contribution is 0.242. The summed E-state index contributed by atoms with van der Waals surface area (Å²) in [5.41, 5.74) is 1.79. The molecule has 2 amide bonds. The van der Waals surface area contributed by atoms with Gasteiger partial charge in [0.25, 0.3) is 0 Å². The molecule has 20 heavy (non-hydrogen) atoms. The second-order valence-corrected chi connectivity index (χ2v) is 5.38. The average molecular weight is 289 g/mol. The number of amides is 2. The molecule has 1 atom stereocenters. The third-order valence-electron chi connectivity index (χ3n) is 3.58. The van der Waals surface area contributed by atoms with Gasteiger partial charge in [-0.3, -0.25) is 0 Å². The predicted octanol–water partition coefficient (Wildman–Crippen LogP) is 3.44. The van der Waals surface area contributed by atoms with E-state index in [2.05, 4.69) is 10.6 Å². The van der Waals surface area contributed by atoms with Gasteiger partial charge in [-0.15, -0.1) is 0 Å². The number of anilines is 1. The highest BCUT2D eigenvalue weighted by molar-refractivity contribution is 6.30. The number of hydrogen-bond acceptors (Lipinski definition) is 2. The van der Waals surface area contributed by atoms with Crippen LogP contribution in [-0.2, 0) is 5.54 Å². The summed E-state index contributed by atoms with van der Waals surface area (Å²) in [6, 6.07) is 11.8. The normalized spacial score (nSPS) is 20.8. The van der Waals surface area contributed by atoms with Gasteiger partial charge in [0.15, 0.2) is 0 Å². The van der Waals surface area contributed by atoms with Crippen molar-refractivity contribution in [1.82, 2.24) is 5.32 Å². The molecule has 1 aliphatic heterocycles. The van der Waals surface area contributed by atoms with E-state index in [0.29, 0.717) is 5.02 Å². The molecule has 2 aromatic rings. The van der Waals surface area contributed by atoms with Crippen LogP contribution in [0, 0.1) is 0 Å². The van der Waals surface area contributed by atoms with Gasteiger partial charge in [-0.2, -0.15) is 0 Å². The van der Waals surface area contributed by atoms with Crippen molar-refractivity contribution in [2.75, 3.05) is 5.32 Å². The largest absolute Gasteiger partial charge is 0.508 e. The molecule has 5 heteroatoms. The standard InChI is InChI=1S/C15H13ClN2O2/c1-15(9-2-5-11(19)6-3-9)12-8-10(16)4-7-13(12)17-14(20)18-15/h2-8,19H,1H3,(H2,17,18,20)/t15-/m0/s1. The topological polar surface area (TPSA) is 61.4 Å². The van der Waals surface area contributed by atoms with Crippen molar-refractivity contribution in [1.29, 1.82) is 0 Å². The summed E-state index contributed by atoms with van der Waals surface area (Å²) >= 11 is 6.07. The van der Waals surface area contributed by atoms with Crippen LogP contribution in [0.4, 0.5) is 10.5 Å². The van der Waals surface area contributed by atoms with Gasteiger partial charge in [0.05, 0.1) is 5.54 Å². The lowest BCUT2D eigenvalue weighted by atomic mass is 9.82. The molecule has 102 valence electrons. The number of urea groups is 1. The maximum Gasteiger partial charge on any atom is 0.320 e. The SMILES string of the molecule is C[C@@]1(c2ccc(O)cc2)NC(=O)Nc2ccc(Cl)cc21. The van der Waals surface area contributed by atoms with Gasteiger partial charge in [-0.25, -0.2) is 4.79 Å². The van der Waals surface area contributed by atoms with E-state index >= 15 is 0 Å². The quantitative estimate of drug-likeness (QED) is 0.753. The molecule has 1 aliphatic rings. The van der Waals surface area contributed by atoms with Crippen LogP contribution in [-0.4, -0.2) is 11.1 Å². The molecule has 0 aromatic heterocycles. The number of phenolic OH excluding ortho intramolecular Hbond substituents is 1. The Morgan fingerprint density at radius 2 is 1.85 bits per heavy atom. The van der Waals surface area contributed by atoms with Crippen molar-refractivity contribution in [2.45, 2.75) is 12.5 Å². The van der Waals surface area contributed by atoms with E-state index < -0.39 is 5.54 Å². The molecule has 3 N–H and O–H groups in total. The highest BCUT2D eigenvalue weighted by Gasteiger charge is 2.37. The average Bonchev–Trinajstić information content (AvgIpc) is 2.40. The number of nitrogens with one attached hydrogen (secondary N) is 2. The van der Waals surface area contributed by atoms with E-state index in [9.17, 15) is 9.90 Å². The Hall–Kier alpha value is -2.20. The molecular formula is C15H13ClN2O2. The highest BCUT2D eigenvalue weighted by Crippen LogP contribution is 2.38. The monoisotopic (exact) mass is 288 g/mol. The first-order valence-electron chi connectivity index (χ1n) is 6.18. The number of aromatic hydroxyl groups is 1. The molecule has 0 radical (unpaired) electrons. The predicted molar refractivity (Wildman–Crippen MR) is 78.2 cm³/mol. The fourth-order valence-corrected chi connectivity index (χ4v) is 2.68. The zero-order chi connectivity index (χ0) is 14.3. The summed E-state index contributed by atoms with van der Waals surface area (Å²) in [5.74, 6) is 0.184. The van der Waals surface area contributed by atoms with E-state index in [1.165, 1.54) is 0 Å². The zero-order valence-corrected chi connectivity index (χ0v) is 11.5. The number of carbonyl (C=O) groups excluding carboxylic acids is 1. The van der Waals surface area contributed by atoms with Gasteiger partial charge >= 0.3 is 6.03 Å². The van der Waals surface area contributed by atoms with Gasteiger partial charge in [-0.1, -0.05) is 23.7 Å². The van der Waals surface area contributed by atoms with Crippen LogP contribution in [0.2, 0.25) is 5.02 Å². The van der Waals surface area contributed by atoms with E-state index in [4.69, 9.17) is 11.6 Å². The molecule has 0 aliphatic carbocycles. The summed E-state index contributed by atoms with van der Waals surface area (Å²) in [6.45, 7) is 1.91. The molecular weight excluding hydrogens is 276 g/mol. The van der Waals surface area contributed by atoms with Gasteiger partial charge in [0.1, 0.15) is 5.75 Å². The Morgan fingerprint density at radius 3 is 2.55 bits per heavy atom. The summed E-state index contributed by atoms with van der Waals surface area (Å²) in [7, 11) is 0. The molecule has 4 nitrogen and oxygen atoms in total. The third kappa shape index (κ3) is 1.98. The van der Waals surface area contributed by atoms with Crippen LogP contribution in [0.25, 0.3) is 0 Å². The first-order chi connectivity index (χ1) is 9.49. The van der Waals surface area contributed by atoms with Crippen LogP contribution in [0.15, 0.2) is 42.5 Å². The van der Waals surface area contributed by atoms with Crippen LogP contribution in [0.1, 0.15) is 18.1 Å². The van der Waals surface area contributed by atoms with E-state index in [0.717, 1.165) is 16.8 Å². The number of benzene rings is 2. The minimum atomic E-state index is -0.698. The van der Waals surface area contributed by atoms with Crippen molar-refractivity contribution in [3.05, 3.63) is 58.6 Å². The van der Waals surface area contributed by atoms with Crippen LogP contribution < -0.4 is 10.6 Å². The molecule has 0 spiro atoms. The lowest BCUT2D eigenvalue weighted by Gasteiger charge is -2.37. The summed E-state index contributed by atoms with van der Waals surface area (Å²) < 4.78 is 0. The van der Waals surface area contributed by atoms with E-state index in [1.54, 1.807) is 36.4 Å². The van der Waals surface area contributed by atoms with Crippen molar-refractivity contribution in [3.63, 3.8) is 0 Å². The highest BCUT2D eigenvalue weighted by atomic mass is 35.5. The molecule has 3 rings (SSSR count). The van der Waals surface area contributed by atoms with Gasteiger partial charge in [-0.05, 0) is 42.8 Å². The van der Waals surface area contributed by atoms with Crippen molar-refractivity contribution >= 4 is 23.3 Å². The third-order valence-corrected chi connectivity index (χ3v) is 3.81. The Bertz CT molecular complexity index is 685. The fraction of sp³-hybridized carbons (Fsp3) is 0.133. The minimum Gasteiger partial charge on any atom is -0.508 e. The van der Waals surface area contributed by atoms with E-state index in [-0.39, 0.29) is 11.8 Å². The Labute approximate surface area is 121 Å². The second-order valence-electron chi connectivity index (χ2n) is 4.94. The Kier molecular flexibility index (Phi) is 2.83. The molecule has 0 saturated carbocycles. The van der Waals surface area contributed by atoms with E-state index in [1.807, 2.05) is 13.0 Å². The van der Waals surface area contributed by atoms with Crippen molar-refractivity contribution < 1.29 is 9.90 Å². The smallest absolute Gasteiger partial charge is 0.320 e. The number of hydrogen-bond donors (Lipinski definition) is 3. The van der Waals surface area contributed by atoms with Crippen LogP contribution >= 0.6 is 11.6 Å². The van der Waals surface area contributed by atoms with Gasteiger partial charge in [0.2, 0.25) is 0 Å². The fourth-order valence-electron chi connectivity index (χ4n) is 2.51. The number of rotatable bonds is 1. The Morgan fingerprint density at radius 1 is 1.15 bits per heavy atom. The summed E-state index contributed by atoms with van der Waals surface area (Å²) in [4.78, 5) is 11.9. The number of halogens is 1. The number of phenols is 1. The maximum absolute atomic E-state index is 11.9. The molecule has 0 unspecified atom stereocenters. The molecule has 0 bridgehead atoms. The lowest BCUT2D eigenvalue weighted by Crippen LogP contribution is -2.50. The van der Waals surface area contributed by atoms with Crippen molar-refractivity contribution in [3.8, 4) is 5.75 Å². The molecule has 0 saturated heterocycles. The molecule has 0 fully saturated rings. The number of carbonyl (C=O) groups is 1. The second kappa shape index (κ2) is 4.42. The van der Waals surface area contributed by atoms with Crippen molar-refractivity contribution in [2.24, 2.45) is 0 Å². The van der Waals surface area contributed by atoms with Gasteiger partial charge in [0, 0.05) is 16.3 Å². The molecule has 1 heterocycles. The van der Waals surface area contributed by atoms with Crippen LogP contribution in [0.3, 0.4) is 0 Å². The minimum absolute atomic E-state index is 0.184. The summed E-state index contributed by atoms with van der Waals surface area (Å²) in [5, 5.41) is 15.7. The summed E-state index contributed by atoms with van der Waals surface area (Å²) in [6.07, 6.45) is 0. The first-order valence-corrected chi connectivity index (χ1v) is 6.55. The Balaban J connectivity index is 2.20. The maximum atomic E-state index is 11.9. The molecule has 2 aromatic carbocycles. The number of fused-ring (bicyclic) bond motifs is 1. The van der Waals surface area contributed by atoms with Gasteiger partial charge < -0.3 is 15.7 Å².